The Labute approximate surface area is 142 Å². The summed E-state index contributed by atoms with van der Waals surface area (Å²) < 4.78 is 1.70. The van der Waals surface area contributed by atoms with Crippen LogP contribution in [0.5, 0.6) is 0 Å². The molecule has 1 N–H and O–H groups in total. The molecule has 6 heteroatoms. The second kappa shape index (κ2) is 6.75. The van der Waals surface area contributed by atoms with Crippen molar-refractivity contribution in [2.75, 3.05) is 33.7 Å². The molecule has 1 atom stereocenters. The monoisotopic (exact) mass is 328 g/mol. The number of nitrogens with zero attached hydrogens (tertiary/aromatic N) is 4. The largest absolute Gasteiger partial charge is 0.387 e. The van der Waals surface area contributed by atoms with Crippen LogP contribution in [0.2, 0.25) is 0 Å². The Balaban J connectivity index is 1.85. The van der Waals surface area contributed by atoms with Crippen LogP contribution < -0.4 is 0 Å². The number of aromatic nitrogens is 2. The highest BCUT2D eigenvalue weighted by Crippen LogP contribution is 2.25. The zero-order chi connectivity index (χ0) is 17.2. The first-order valence-corrected chi connectivity index (χ1v) is 8.24. The fourth-order valence-electron chi connectivity index (χ4n) is 3.44. The average Bonchev–Trinajstić information content (AvgIpc) is 3.07. The van der Waals surface area contributed by atoms with E-state index < -0.39 is 5.60 Å². The second-order valence-corrected chi connectivity index (χ2v) is 6.76. The molecule has 0 aliphatic carbocycles. The SMILES string of the molecule is CN(C)C[C@]1(O)CCCN(C(=O)c2ccccc2-n2cccn2)C1. The van der Waals surface area contributed by atoms with Gasteiger partial charge in [-0.1, -0.05) is 12.1 Å². The highest BCUT2D eigenvalue weighted by atomic mass is 16.3. The zero-order valence-corrected chi connectivity index (χ0v) is 14.2. The Bertz CT molecular complexity index is 699. The molecule has 1 saturated heterocycles. The van der Waals surface area contributed by atoms with Gasteiger partial charge in [0.25, 0.3) is 5.91 Å². The standard InChI is InChI=1S/C18H24N4O2/c1-20(2)13-18(24)9-5-11-21(14-18)17(23)15-7-3-4-8-16(15)22-12-6-10-19-22/h3-4,6-8,10,12,24H,5,9,11,13-14H2,1-2H3/t18-/m1/s1. The number of likely N-dealkylation sites (N-methyl/N-ethyl adjacent to an activating group) is 1. The smallest absolute Gasteiger partial charge is 0.256 e. The summed E-state index contributed by atoms with van der Waals surface area (Å²) in [6, 6.07) is 9.29. The molecular formula is C18H24N4O2. The molecule has 128 valence electrons. The van der Waals surface area contributed by atoms with Crippen molar-refractivity contribution in [2.24, 2.45) is 0 Å². The summed E-state index contributed by atoms with van der Waals surface area (Å²) in [5, 5.41) is 15.0. The number of benzene rings is 1. The number of carbonyl (C=O) groups is 1. The number of β-amino-alcohol motifs (C(OH)–C–C–N with tert-alkyl or cyclic N) is 1. The summed E-state index contributed by atoms with van der Waals surface area (Å²) in [4.78, 5) is 16.8. The van der Waals surface area contributed by atoms with Gasteiger partial charge in [-0.05, 0) is 45.1 Å². The van der Waals surface area contributed by atoms with Crippen LogP contribution in [0.1, 0.15) is 23.2 Å². The van der Waals surface area contributed by atoms with E-state index in [9.17, 15) is 9.90 Å². The molecule has 1 amide bonds. The lowest BCUT2D eigenvalue weighted by Gasteiger charge is -2.40. The maximum Gasteiger partial charge on any atom is 0.256 e. The van der Waals surface area contributed by atoms with Crippen molar-refractivity contribution in [2.45, 2.75) is 18.4 Å². The van der Waals surface area contributed by atoms with Gasteiger partial charge in [-0.15, -0.1) is 0 Å². The van der Waals surface area contributed by atoms with Crippen LogP contribution in [0.3, 0.4) is 0 Å². The number of piperidine rings is 1. The molecule has 24 heavy (non-hydrogen) atoms. The van der Waals surface area contributed by atoms with Crippen LogP contribution in [0, 0.1) is 0 Å². The topological polar surface area (TPSA) is 61.6 Å². The van der Waals surface area contributed by atoms with Crippen LogP contribution in [-0.4, -0.2) is 69.9 Å². The molecule has 0 saturated carbocycles. The first-order valence-electron chi connectivity index (χ1n) is 8.24. The Morgan fingerprint density at radius 2 is 2.12 bits per heavy atom. The van der Waals surface area contributed by atoms with E-state index in [0.717, 1.165) is 18.5 Å². The Kier molecular flexibility index (Phi) is 4.69. The fraction of sp³-hybridized carbons (Fsp3) is 0.444. The molecule has 1 aromatic carbocycles. The molecule has 0 bridgehead atoms. The molecule has 2 aromatic rings. The molecule has 1 aliphatic rings. The maximum atomic E-state index is 13.0. The van der Waals surface area contributed by atoms with Gasteiger partial charge in [-0.2, -0.15) is 5.10 Å². The molecule has 0 unspecified atom stereocenters. The van der Waals surface area contributed by atoms with Gasteiger partial charge in [0.05, 0.1) is 23.4 Å². The van der Waals surface area contributed by atoms with E-state index in [1.54, 1.807) is 15.8 Å². The van der Waals surface area contributed by atoms with Gasteiger partial charge in [0.15, 0.2) is 0 Å². The summed E-state index contributed by atoms with van der Waals surface area (Å²) in [7, 11) is 3.87. The van der Waals surface area contributed by atoms with E-state index in [2.05, 4.69) is 5.10 Å². The van der Waals surface area contributed by atoms with Crippen LogP contribution in [-0.2, 0) is 0 Å². The van der Waals surface area contributed by atoms with E-state index in [0.29, 0.717) is 25.2 Å². The molecule has 1 aliphatic heterocycles. The van der Waals surface area contributed by atoms with Gasteiger partial charge in [-0.3, -0.25) is 4.79 Å². The number of para-hydroxylation sites is 1. The minimum Gasteiger partial charge on any atom is -0.387 e. The van der Waals surface area contributed by atoms with Crippen molar-refractivity contribution in [3.63, 3.8) is 0 Å². The molecule has 1 fully saturated rings. The van der Waals surface area contributed by atoms with E-state index >= 15 is 0 Å². The summed E-state index contributed by atoms with van der Waals surface area (Å²) in [6.07, 6.45) is 5.04. The highest BCUT2D eigenvalue weighted by molar-refractivity contribution is 5.97. The quantitative estimate of drug-likeness (QED) is 0.922. The summed E-state index contributed by atoms with van der Waals surface area (Å²) in [5.74, 6) is -0.0574. The number of hydrogen-bond donors (Lipinski definition) is 1. The molecule has 3 rings (SSSR count). The van der Waals surface area contributed by atoms with Crippen molar-refractivity contribution < 1.29 is 9.90 Å². The first-order chi connectivity index (χ1) is 11.5. The van der Waals surface area contributed by atoms with Crippen LogP contribution in [0.15, 0.2) is 42.7 Å². The Hall–Kier alpha value is -2.18. The minimum absolute atomic E-state index is 0.0574. The van der Waals surface area contributed by atoms with Crippen molar-refractivity contribution in [3.8, 4) is 5.69 Å². The number of aliphatic hydroxyl groups is 1. The van der Waals surface area contributed by atoms with Gasteiger partial charge in [0.2, 0.25) is 0 Å². The summed E-state index contributed by atoms with van der Waals surface area (Å²) in [6.45, 7) is 1.58. The lowest BCUT2D eigenvalue weighted by atomic mass is 9.92. The third-order valence-electron chi connectivity index (χ3n) is 4.34. The van der Waals surface area contributed by atoms with Crippen molar-refractivity contribution >= 4 is 5.91 Å². The van der Waals surface area contributed by atoms with Crippen LogP contribution in [0.4, 0.5) is 0 Å². The van der Waals surface area contributed by atoms with Gasteiger partial charge in [0.1, 0.15) is 0 Å². The first kappa shape index (κ1) is 16.7. The third kappa shape index (κ3) is 3.49. The normalized spacial score (nSPS) is 21.2. The van der Waals surface area contributed by atoms with E-state index in [1.165, 1.54) is 0 Å². The summed E-state index contributed by atoms with van der Waals surface area (Å²) >= 11 is 0. The third-order valence-corrected chi connectivity index (χ3v) is 4.34. The highest BCUT2D eigenvalue weighted by Gasteiger charge is 2.36. The van der Waals surface area contributed by atoms with Crippen molar-refractivity contribution in [3.05, 3.63) is 48.3 Å². The van der Waals surface area contributed by atoms with Gasteiger partial charge < -0.3 is 14.9 Å². The average molecular weight is 328 g/mol. The molecule has 2 heterocycles. The van der Waals surface area contributed by atoms with Gasteiger partial charge in [-0.25, -0.2) is 4.68 Å². The zero-order valence-electron chi connectivity index (χ0n) is 14.2. The maximum absolute atomic E-state index is 13.0. The number of amides is 1. The van der Waals surface area contributed by atoms with Crippen LogP contribution in [0.25, 0.3) is 5.69 Å². The molecule has 0 spiro atoms. The molecule has 0 radical (unpaired) electrons. The predicted molar refractivity (Wildman–Crippen MR) is 92.2 cm³/mol. The lowest BCUT2D eigenvalue weighted by Crippen LogP contribution is -2.54. The van der Waals surface area contributed by atoms with E-state index in [1.807, 2.05) is 55.5 Å². The van der Waals surface area contributed by atoms with Crippen LogP contribution >= 0.6 is 0 Å². The number of likely N-dealkylation sites (tertiary alicyclic amines) is 1. The molecular weight excluding hydrogens is 304 g/mol. The minimum atomic E-state index is -0.849. The second-order valence-electron chi connectivity index (χ2n) is 6.76. The fourth-order valence-corrected chi connectivity index (χ4v) is 3.44. The van der Waals surface area contributed by atoms with E-state index in [4.69, 9.17) is 0 Å². The summed E-state index contributed by atoms with van der Waals surface area (Å²) in [5.41, 5.74) is 0.516. The number of hydrogen-bond acceptors (Lipinski definition) is 4. The number of rotatable bonds is 4. The molecule has 6 nitrogen and oxygen atoms in total. The van der Waals surface area contributed by atoms with Crippen molar-refractivity contribution in [1.29, 1.82) is 0 Å². The van der Waals surface area contributed by atoms with Crippen molar-refractivity contribution in [1.82, 2.24) is 19.6 Å². The number of carbonyl (C=O) groups excluding carboxylic acids is 1. The lowest BCUT2D eigenvalue weighted by molar-refractivity contribution is -0.0391. The Morgan fingerprint density at radius 3 is 2.83 bits per heavy atom. The Morgan fingerprint density at radius 1 is 1.33 bits per heavy atom. The predicted octanol–water partition coefficient (Wildman–Crippen LogP) is 1.40. The van der Waals surface area contributed by atoms with Gasteiger partial charge in [0, 0.05) is 25.5 Å². The van der Waals surface area contributed by atoms with Gasteiger partial charge >= 0.3 is 0 Å². The molecule has 1 aromatic heterocycles. The van der Waals surface area contributed by atoms with E-state index in [-0.39, 0.29) is 5.91 Å².